The first-order valence-electron chi connectivity index (χ1n) is 4.01. The quantitative estimate of drug-likeness (QED) is 0.803. The van der Waals surface area contributed by atoms with Crippen LogP contribution in [0, 0.1) is 0 Å². The van der Waals surface area contributed by atoms with Crippen molar-refractivity contribution in [3.63, 3.8) is 0 Å². The minimum absolute atomic E-state index is 0.862. The van der Waals surface area contributed by atoms with Gasteiger partial charge >= 0.3 is 0 Å². The zero-order valence-corrected chi connectivity index (χ0v) is 10.3. The van der Waals surface area contributed by atoms with Crippen molar-refractivity contribution in [2.45, 2.75) is 0 Å². The minimum atomic E-state index is 0.862. The van der Waals surface area contributed by atoms with Crippen molar-refractivity contribution in [2.75, 3.05) is 0 Å². The molecule has 0 aliphatic carbocycles. The van der Waals surface area contributed by atoms with Gasteiger partial charge in [0.15, 0.2) is 0 Å². The maximum absolute atomic E-state index is 4.05. The highest BCUT2D eigenvalue weighted by Crippen LogP contribution is 2.32. The van der Waals surface area contributed by atoms with Gasteiger partial charge in [0, 0.05) is 20.7 Å². The van der Waals surface area contributed by atoms with Crippen molar-refractivity contribution in [2.24, 2.45) is 0 Å². The maximum atomic E-state index is 4.05. The lowest BCUT2D eigenvalue weighted by Crippen LogP contribution is -1.86. The van der Waals surface area contributed by atoms with Gasteiger partial charge in [-0.25, -0.2) is 0 Å². The molecule has 0 amide bonds. The molecule has 4 heteroatoms. The fourth-order valence-corrected chi connectivity index (χ4v) is 1.98. The molecule has 0 radical (unpaired) electrons. The number of benzene rings is 1. The van der Waals surface area contributed by atoms with Gasteiger partial charge in [-0.3, -0.25) is 0 Å². The Balaban J connectivity index is 2.58. The molecule has 0 N–H and O–H groups in total. The van der Waals surface area contributed by atoms with E-state index in [1.165, 1.54) is 0 Å². The van der Waals surface area contributed by atoms with Crippen molar-refractivity contribution in [1.29, 1.82) is 0 Å². The summed E-state index contributed by atoms with van der Waals surface area (Å²) in [4.78, 5) is 0. The normalized spacial score (nSPS) is 10.1. The van der Waals surface area contributed by atoms with Gasteiger partial charge in [0.1, 0.15) is 0 Å². The highest BCUT2D eigenvalue weighted by atomic mass is 79.9. The second-order valence-corrected chi connectivity index (χ2v) is 4.36. The number of aromatic nitrogens is 2. The molecular weight excluding hydrogens is 308 g/mol. The summed E-state index contributed by atoms with van der Waals surface area (Å²) in [6.45, 7) is 0. The largest absolute Gasteiger partial charge is 0.159 e. The maximum Gasteiger partial charge on any atom is 0.0941 e. The number of hydrogen-bond donors (Lipinski definition) is 0. The molecule has 1 aromatic carbocycles. The first-order chi connectivity index (χ1) is 6.79. The van der Waals surface area contributed by atoms with Gasteiger partial charge in [0.05, 0.1) is 5.69 Å². The average molecular weight is 314 g/mol. The number of nitrogens with zero attached hydrogens (tertiary/aromatic N) is 2. The van der Waals surface area contributed by atoms with E-state index in [2.05, 4.69) is 42.1 Å². The van der Waals surface area contributed by atoms with E-state index in [1.54, 1.807) is 6.20 Å². The summed E-state index contributed by atoms with van der Waals surface area (Å²) in [5, 5.41) is 7.90. The summed E-state index contributed by atoms with van der Waals surface area (Å²) in [7, 11) is 0. The second kappa shape index (κ2) is 4.19. The summed E-state index contributed by atoms with van der Waals surface area (Å²) < 4.78 is 2.01. The Morgan fingerprint density at radius 3 is 2.57 bits per heavy atom. The lowest BCUT2D eigenvalue weighted by Gasteiger charge is -2.03. The predicted octanol–water partition coefficient (Wildman–Crippen LogP) is 3.67. The Hall–Kier alpha value is -0.740. The lowest BCUT2D eigenvalue weighted by molar-refractivity contribution is 1.04. The fraction of sp³-hybridized carbons (Fsp3) is 0. The van der Waals surface area contributed by atoms with Crippen LogP contribution in [0.3, 0.4) is 0 Å². The molecule has 14 heavy (non-hydrogen) atoms. The Morgan fingerprint density at radius 1 is 1.00 bits per heavy atom. The van der Waals surface area contributed by atoms with E-state index in [4.69, 9.17) is 0 Å². The van der Waals surface area contributed by atoms with Crippen LogP contribution in [0.15, 0.2) is 45.5 Å². The van der Waals surface area contributed by atoms with Crippen LogP contribution >= 0.6 is 31.9 Å². The molecule has 0 atom stereocenters. The van der Waals surface area contributed by atoms with Gasteiger partial charge in [-0.05, 0) is 50.1 Å². The summed E-state index contributed by atoms with van der Waals surface area (Å²) in [5.41, 5.74) is 1.90. The third-order valence-electron chi connectivity index (χ3n) is 1.80. The van der Waals surface area contributed by atoms with E-state index in [0.717, 1.165) is 20.2 Å². The van der Waals surface area contributed by atoms with Crippen LogP contribution in [0.1, 0.15) is 0 Å². The van der Waals surface area contributed by atoms with Crippen molar-refractivity contribution in [3.05, 3.63) is 45.5 Å². The molecule has 70 valence electrons. The van der Waals surface area contributed by atoms with Crippen molar-refractivity contribution < 1.29 is 0 Å². The monoisotopic (exact) mass is 312 g/mol. The first kappa shape index (κ1) is 9.80. The molecule has 2 nitrogen and oxygen atoms in total. The first-order valence-corrected chi connectivity index (χ1v) is 5.60. The Labute approximate surface area is 98.6 Å². The minimum Gasteiger partial charge on any atom is -0.159 e. The van der Waals surface area contributed by atoms with Crippen molar-refractivity contribution in [3.8, 4) is 11.3 Å². The molecular formula is C10H6Br2N2. The third kappa shape index (κ3) is 1.86. The van der Waals surface area contributed by atoms with Crippen LogP contribution in [0.25, 0.3) is 11.3 Å². The van der Waals surface area contributed by atoms with Crippen molar-refractivity contribution >= 4 is 31.9 Å². The molecule has 1 heterocycles. The van der Waals surface area contributed by atoms with Crippen LogP contribution in [0.2, 0.25) is 0 Å². The van der Waals surface area contributed by atoms with E-state index in [9.17, 15) is 0 Å². The number of rotatable bonds is 1. The van der Waals surface area contributed by atoms with E-state index >= 15 is 0 Å². The van der Waals surface area contributed by atoms with Crippen molar-refractivity contribution in [1.82, 2.24) is 10.2 Å². The van der Waals surface area contributed by atoms with Crippen LogP contribution in [0.5, 0.6) is 0 Å². The molecule has 0 saturated carbocycles. The summed E-state index contributed by atoms with van der Waals surface area (Å²) in [6.07, 6.45) is 1.66. The van der Waals surface area contributed by atoms with E-state index in [-0.39, 0.29) is 0 Å². The highest BCUT2D eigenvalue weighted by molar-refractivity contribution is 9.13. The lowest BCUT2D eigenvalue weighted by atomic mass is 10.1. The summed E-state index contributed by atoms with van der Waals surface area (Å²) >= 11 is 6.95. The Morgan fingerprint density at radius 2 is 1.86 bits per heavy atom. The van der Waals surface area contributed by atoms with Gasteiger partial charge < -0.3 is 0 Å². The molecule has 0 bridgehead atoms. The SMILES string of the molecule is Brc1cccc(-c2cccnn2)c1Br. The van der Waals surface area contributed by atoms with Gasteiger partial charge in [0.25, 0.3) is 0 Å². The average Bonchev–Trinajstić information content (AvgIpc) is 2.23. The Bertz CT molecular complexity index is 443. The molecule has 0 spiro atoms. The molecule has 0 fully saturated rings. The number of hydrogen-bond acceptors (Lipinski definition) is 2. The molecule has 0 unspecified atom stereocenters. The molecule has 1 aromatic heterocycles. The topological polar surface area (TPSA) is 25.8 Å². The summed E-state index contributed by atoms with van der Waals surface area (Å²) in [6, 6.07) is 9.75. The van der Waals surface area contributed by atoms with Crippen LogP contribution in [-0.4, -0.2) is 10.2 Å². The highest BCUT2D eigenvalue weighted by Gasteiger charge is 2.06. The second-order valence-electron chi connectivity index (χ2n) is 2.71. The molecule has 0 saturated heterocycles. The van der Waals surface area contributed by atoms with Crippen LogP contribution in [-0.2, 0) is 0 Å². The van der Waals surface area contributed by atoms with E-state index in [1.807, 2.05) is 30.3 Å². The molecule has 2 rings (SSSR count). The molecule has 2 aromatic rings. The fourth-order valence-electron chi connectivity index (χ4n) is 1.15. The molecule has 0 aliphatic heterocycles. The third-order valence-corrected chi connectivity index (χ3v) is 3.85. The van der Waals surface area contributed by atoms with Crippen LogP contribution in [0.4, 0.5) is 0 Å². The number of halogens is 2. The van der Waals surface area contributed by atoms with Gasteiger partial charge in [-0.15, -0.1) is 0 Å². The standard InChI is InChI=1S/C10H6Br2N2/c11-8-4-1-3-7(10(8)12)9-5-2-6-13-14-9/h1-6H. The van der Waals surface area contributed by atoms with Gasteiger partial charge in [-0.2, -0.15) is 10.2 Å². The predicted molar refractivity (Wildman–Crippen MR) is 62.9 cm³/mol. The zero-order valence-electron chi connectivity index (χ0n) is 7.11. The van der Waals surface area contributed by atoms with E-state index < -0.39 is 0 Å². The zero-order chi connectivity index (χ0) is 9.97. The smallest absolute Gasteiger partial charge is 0.0941 e. The van der Waals surface area contributed by atoms with Crippen LogP contribution < -0.4 is 0 Å². The van der Waals surface area contributed by atoms with E-state index in [0.29, 0.717) is 0 Å². The molecule has 0 aliphatic rings. The van der Waals surface area contributed by atoms with Gasteiger partial charge in [0.2, 0.25) is 0 Å². The Kier molecular flexibility index (Phi) is 2.93. The van der Waals surface area contributed by atoms with Gasteiger partial charge in [-0.1, -0.05) is 12.1 Å². The summed E-state index contributed by atoms with van der Waals surface area (Å²) in [5.74, 6) is 0.